The summed E-state index contributed by atoms with van der Waals surface area (Å²) in [6, 6.07) is -0.917. The second kappa shape index (κ2) is 72.3. The SMILES string of the molecule is CC/C=C\C/C=C\C/C=C\C/C=C\C/C=C\CCCCCCCCCCCCCCCCCCCCCCCCCCCC(=O)NC(COC1OC(CO)C(OC2OC(CO)C(O)C(O)C2O)C(O)C1O)C(O)/C=C/CCCCCCCCCCCCCCCCCCCCCCCCCCCC. The van der Waals surface area contributed by atoms with Crippen molar-refractivity contribution < 1.29 is 64.6 Å². The molecule has 0 aromatic heterocycles. The summed E-state index contributed by atoms with van der Waals surface area (Å²) in [5.41, 5.74) is 0. The van der Waals surface area contributed by atoms with Gasteiger partial charge < -0.3 is 65.1 Å². The van der Waals surface area contributed by atoms with Crippen LogP contribution in [0, 0.1) is 0 Å². The number of hydrogen-bond donors (Lipinski definition) is 9. The topological polar surface area (TPSA) is 228 Å². The van der Waals surface area contributed by atoms with Crippen LogP contribution in [-0.4, -0.2) is 140 Å². The van der Waals surface area contributed by atoms with Crippen molar-refractivity contribution >= 4 is 5.91 Å². The van der Waals surface area contributed by atoms with Crippen molar-refractivity contribution in [2.24, 2.45) is 0 Å². The molecule has 0 radical (unpaired) electrons. The number of carbonyl (C=O) groups excluding carboxylic acids is 1. The van der Waals surface area contributed by atoms with Crippen LogP contribution in [-0.2, 0) is 23.7 Å². The fourth-order valence-electron chi connectivity index (χ4n) is 14.3. The monoisotopic (exact) mass is 1450 g/mol. The standard InChI is InChI=1S/C89H163NO13/c1-3-5-7-9-11-13-15-17-19-21-23-25-27-29-31-33-34-35-36-37-38-39-40-41-42-43-44-45-47-49-51-53-55-57-59-61-63-65-67-69-71-73-81(94)90-77(76-100-88-86(99)84(97)87(80(75-92)102-88)103-89-85(98)83(96)82(95)79(74-91)101-89)78(93)72-70-68-66-64-62-60-58-56-54-52-50-48-46-32-30-28-26-24-22-20-18-16-14-12-10-8-6-4-2/h5,7,11,13,17,19,23,25,29,31,70,72,77-80,82-89,91-93,95-99H,3-4,6,8-10,12,14-16,18,20-22,24,26-28,30,32-69,71,73-76H2,1-2H3,(H,90,94)/b7-5-,13-11-,19-17-,25-23-,31-29-,72-70+. The average molecular weight is 1460 g/mol. The van der Waals surface area contributed by atoms with Gasteiger partial charge in [0.2, 0.25) is 5.91 Å². The van der Waals surface area contributed by atoms with Crippen molar-refractivity contribution in [3.8, 4) is 0 Å². The van der Waals surface area contributed by atoms with Crippen LogP contribution in [0.15, 0.2) is 72.9 Å². The largest absolute Gasteiger partial charge is 0.394 e. The first-order valence-electron chi connectivity index (χ1n) is 43.7. The van der Waals surface area contributed by atoms with Gasteiger partial charge in [0.15, 0.2) is 12.6 Å². The van der Waals surface area contributed by atoms with E-state index in [4.69, 9.17) is 18.9 Å². The first-order chi connectivity index (χ1) is 50.6. The molecule has 9 N–H and O–H groups in total. The Morgan fingerprint density at radius 2 is 0.670 bits per heavy atom. The van der Waals surface area contributed by atoms with Gasteiger partial charge in [0.25, 0.3) is 0 Å². The third-order valence-corrected chi connectivity index (χ3v) is 21.1. The van der Waals surface area contributed by atoms with E-state index in [9.17, 15) is 45.6 Å². The average Bonchev–Trinajstić information content (AvgIpc) is 0.791. The van der Waals surface area contributed by atoms with E-state index >= 15 is 0 Å². The van der Waals surface area contributed by atoms with Crippen molar-refractivity contribution in [2.45, 2.75) is 466 Å². The predicted molar refractivity (Wildman–Crippen MR) is 429 cm³/mol. The second-order valence-electron chi connectivity index (χ2n) is 30.6. The Bertz CT molecular complexity index is 2010. The highest BCUT2D eigenvalue weighted by molar-refractivity contribution is 5.76. The maximum absolute atomic E-state index is 13.4. The maximum atomic E-state index is 13.4. The lowest BCUT2D eigenvalue weighted by molar-refractivity contribution is -0.359. The summed E-state index contributed by atoms with van der Waals surface area (Å²) in [7, 11) is 0. The summed E-state index contributed by atoms with van der Waals surface area (Å²) in [6.45, 7) is 2.75. The number of aliphatic hydroxyl groups excluding tert-OH is 8. The van der Waals surface area contributed by atoms with E-state index in [-0.39, 0.29) is 18.9 Å². The van der Waals surface area contributed by atoms with E-state index < -0.39 is 86.8 Å². The Morgan fingerprint density at radius 3 is 1.03 bits per heavy atom. The van der Waals surface area contributed by atoms with Gasteiger partial charge in [0.05, 0.1) is 32.0 Å². The number of amides is 1. The first-order valence-corrected chi connectivity index (χ1v) is 43.7. The van der Waals surface area contributed by atoms with E-state index in [1.165, 1.54) is 295 Å². The lowest BCUT2D eigenvalue weighted by Crippen LogP contribution is -2.65. The summed E-state index contributed by atoms with van der Waals surface area (Å²) in [5.74, 6) is -0.231. The zero-order valence-corrected chi connectivity index (χ0v) is 66.3. The molecule has 2 fully saturated rings. The lowest BCUT2D eigenvalue weighted by atomic mass is 9.97. The summed E-state index contributed by atoms with van der Waals surface area (Å²) >= 11 is 0. The highest BCUT2D eigenvalue weighted by Crippen LogP contribution is 2.30. The van der Waals surface area contributed by atoms with Crippen LogP contribution >= 0.6 is 0 Å². The zero-order valence-electron chi connectivity index (χ0n) is 66.3. The Labute approximate surface area is 631 Å². The number of aliphatic hydroxyl groups is 8. The Balaban J connectivity index is 1.56. The third kappa shape index (κ3) is 54.6. The molecule has 2 aliphatic heterocycles. The van der Waals surface area contributed by atoms with Gasteiger partial charge in [0.1, 0.15) is 48.8 Å². The van der Waals surface area contributed by atoms with E-state index in [0.29, 0.717) is 6.42 Å². The molecule has 2 rings (SSSR count). The fourth-order valence-corrected chi connectivity index (χ4v) is 14.3. The van der Waals surface area contributed by atoms with Crippen LogP contribution in [0.4, 0.5) is 0 Å². The van der Waals surface area contributed by atoms with Crippen molar-refractivity contribution in [1.29, 1.82) is 0 Å². The van der Waals surface area contributed by atoms with E-state index in [1.54, 1.807) is 6.08 Å². The number of allylic oxidation sites excluding steroid dienone is 11. The van der Waals surface area contributed by atoms with Crippen molar-refractivity contribution in [2.75, 3.05) is 19.8 Å². The Morgan fingerprint density at radius 1 is 0.359 bits per heavy atom. The number of hydrogen-bond acceptors (Lipinski definition) is 13. The molecule has 1 amide bonds. The molecule has 12 atom stereocenters. The molecule has 14 heteroatoms. The number of ether oxygens (including phenoxy) is 4. The fraction of sp³-hybridized carbons (Fsp3) is 0.854. The molecular weight excluding hydrogens is 1290 g/mol. The molecule has 0 bridgehead atoms. The van der Waals surface area contributed by atoms with Crippen LogP contribution < -0.4 is 5.32 Å². The Hall–Kier alpha value is -2.57. The highest BCUT2D eigenvalue weighted by Gasteiger charge is 2.51. The summed E-state index contributed by atoms with van der Waals surface area (Å²) < 4.78 is 23.0. The molecule has 14 nitrogen and oxygen atoms in total. The van der Waals surface area contributed by atoms with Gasteiger partial charge in [-0.25, -0.2) is 0 Å². The molecule has 2 heterocycles. The first kappa shape index (κ1) is 96.5. The van der Waals surface area contributed by atoms with E-state index in [2.05, 4.69) is 79.9 Å². The summed E-state index contributed by atoms with van der Waals surface area (Å²) in [5, 5.41) is 87.8. The quantitative estimate of drug-likeness (QED) is 0.0204. The van der Waals surface area contributed by atoms with E-state index in [0.717, 1.165) is 70.6 Å². The number of rotatable bonds is 74. The molecule has 0 aromatic carbocycles. The molecule has 602 valence electrons. The minimum Gasteiger partial charge on any atom is -0.394 e. The molecule has 0 spiro atoms. The van der Waals surface area contributed by atoms with Gasteiger partial charge >= 0.3 is 0 Å². The van der Waals surface area contributed by atoms with Crippen LogP contribution in [0.5, 0.6) is 0 Å². The Kier molecular flexibility index (Phi) is 67.7. The number of carbonyl (C=O) groups is 1. The highest BCUT2D eigenvalue weighted by atomic mass is 16.7. The molecule has 2 aliphatic rings. The minimum absolute atomic E-state index is 0.231. The normalized spacial score (nSPS) is 21.9. The van der Waals surface area contributed by atoms with Gasteiger partial charge in [0, 0.05) is 6.42 Å². The van der Waals surface area contributed by atoms with Gasteiger partial charge in [-0.1, -0.05) is 395 Å². The second-order valence-corrected chi connectivity index (χ2v) is 30.6. The summed E-state index contributed by atoms with van der Waals surface area (Å²) in [4.78, 5) is 13.4. The van der Waals surface area contributed by atoms with Gasteiger partial charge in [-0.2, -0.15) is 0 Å². The molecule has 0 saturated carbocycles. The number of nitrogens with one attached hydrogen (secondary N) is 1. The van der Waals surface area contributed by atoms with Crippen molar-refractivity contribution in [1.82, 2.24) is 5.32 Å². The molecule has 0 aliphatic carbocycles. The van der Waals surface area contributed by atoms with Crippen LogP contribution in [0.3, 0.4) is 0 Å². The molecule has 0 aromatic rings. The lowest BCUT2D eigenvalue weighted by Gasteiger charge is -2.46. The molecular formula is C89H163NO13. The molecule has 2 saturated heterocycles. The smallest absolute Gasteiger partial charge is 0.220 e. The van der Waals surface area contributed by atoms with Gasteiger partial charge in [-0.05, 0) is 64.2 Å². The van der Waals surface area contributed by atoms with Crippen molar-refractivity contribution in [3.05, 3.63) is 72.9 Å². The van der Waals surface area contributed by atoms with Crippen LogP contribution in [0.2, 0.25) is 0 Å². The predicted octanol–water partition coefficient (Wildman–Crippen LogP) is 20.9. The zero-order chi connectivity index (χ0) is 74.4. The van der Waals surface area contributed by atoms with E-state index in [1.807, 2.05) is 6.08 Å². The third-order valence-electron chi connectivity index (χ3n) is 21.1. The van der Waals surface area contributed by atoms with Gasteiger partial charge in [-0.15, -0.1) is 0 Å². The van der Waals surface area contributed by atoms with Gasteiger partial charge in [-0.3, -0.25) is 4.79 Å². The molecule has 103 heavy (non-hydrogen) atoms. The minimum atomic E-state index is -1.79. The van der Waals surface area contributed by atoms with Crippen molar-refractivity contribution in [3.63, 3.8) is 0 Å². The van der Waals surface area contributed by atoms with Crippen LogP contribution in [0.25, 0.3) is 0 Å². The molecule has 12 unspecified atom stereocenters. The summed E-state index contributed by atoms with van der Waals surface area (Å²) in [6.07, 6.45) is 84.4. The number of unbranched alkanes of at least 4 members (excludes halogenated alkanes) is 51. The van der Waals surface area contributed by atoms with Crippen LogP contribution in [0.1, 0.15) is 393 Å². The maximum Gasteiger partial charge on any atom is 0.220 e.